The molecule has 1 aromatic carbocycles. The summed E-state index contributed by atoms with van der Waals surface area (Å²) in [6, 6.07) is 11.8. The number of para-hydroxylation sites is 1. The molecule has 1 saturated heterocycles. The van der Waals surface area contributed by atoms with E-state index in [1.54, 1.807) is 6.20 Å². The van der Waals surface area contributed by atoms with Crippen LogP contribution in [0, 0.1) is 0 Å². The molecular weight excluding hydrogens is 308 g/mol. The van der Waals surface area contributed by atoms with Gasteiger partial charge in [-0.3, -0.25) is 10.3 Å². The fraction of sp³-hybridized carbons (Fsp3) is 0.235. The zero-order valence-electron chi connectivity index (χ0n) is 12.5. The lowest BCUT2D eigenvalue weighted by Gasteiger charge is -2.24. The SMILES string of the molecule is O=C(Nc1nc2ccccc2s1)N1CCC[C@H]1c1cccnc1. The second-order valence-corrected chi connectivity index (χ2v) is 6.59. The molecule has 6 heteroatoms. The van der Waals surface area contributed by atoms with Crippen LogP contribution in [0.4, 0.5) is 9.93 Å². The number of hydrogen-bond acceptors (Lipinski definition) is 4. The van der Waals surface area contributed by atoms with Crippen molar-refractivity contribution in [2.45, 2.75) is 18.9 Å². The Morgan fingerprint density at radius 3 is 3.00 bits per heavy atom. The third-order valence-electron chi connectivity index (χ3n) is 4.09. The molecule has 0 radical (unpaired) electrons. The largest absolute Gasteiger partial charge is 0.324 e. The second kappa shape index (κ2) is 5.96. The molecular formula is C17H16N4OS. The van der Waals surface area contributed by atoms with Crippen LogP contribution in [0.2, 0.25) is 0 Å². The van der Waals surface area contributed by atoms with Gasteiger partial charge >= 0.3 is 6.03 Å². The van der Waals surface area contributed by atoms with E-state index in [4.69, 9.17) is 0 Å². The number of thiazole rings is 1. The molecule has 3 heterocycles. The van der Waals surface area contributed by atoms with E-state index in [9.17, 15) is 4.79 Å². The van der Waals surface area contributed by atoms with Gasteiger partial charge in [0.15, 0.2) is 5.13 Å². The lowest BCUT2D eigenvalue weighted by molar-refractivity contribution is 0.207. The van der Waals surface area contributed by atoms with Crippen LogP contribution in [0.15, 0.2) is 48.8 Å². The lowest BCUT2D eigenvalue weighted by atomic mass is 10.1. The van der Waals surface area contributed by atoms with Gasteiger partial charge in [0.2, 0.25) is 0 Å². The van der Waals surface area contributed by atoms with Gasteiger partial charge in [0.05, 0.1) is 16.3 Å². The Bertz CT molecular complexity index is 800. The molecule has 1 aliphatic rings. The number of rotatable bonds is 2. The number of nitrogens with one attached hydrogen (secondary N) is 1. The van der Waals surface area contributed by atoms with E-state index in [1.165, 1.54) is 11.3 Å². The Morgan fingerprint density at radius 2 is 2.17 bits per heavy atom. The third kappa shape index (κ3) is 2.77. The molecule has 4 rings (SSSR count). The van der Waals surface area contributed by atoms with Crippen LogP contribution in [0.25, 0.3) is 10.2 Å². The average molecular weight is 324 g/mol. The van der Waals surface area contributed by atoms with E-state index in [-0.39, 0.29) is 12.1 Å². The summed E-state index contributed by atoms with van der Waals surface area (Å²) < 4.78 is 1.08. The number of likely N-dealkylation sites (tertiary alicyclic amines) is 1. The topological polar surface area (TPSA) is 58.1 Å². The predicted octanol–water partition coefficient (Wildman–Crippen LogP) is 4.06. The molecule has 0 spiro atoms. The average Bonchev–Trinajstić information content (AvgIpc) is 3.22. The lowest BCUT2D eigenvalue weighted by Crippen LogP contribution is -2.34. The number of nitrogens with zero attached hydrogens (tertiary/aromatic N) is 3. The van der Waals surface area contributed by atoms with Gasteiger partial charge in [-0.25, -0.2) is 9.78 Å². The molecule has 2 amide bonds. The van der Waals surface area contributed by atoms with Crippen LogP contribution in [-0.4, -0.2) is 27.4 Å². The van der Waals surface area contributed by atoms with Crippen LogP contribution < -0.4 is 5.32 Å². The molecule has 0 saturated carbocycles. The number of fused-ring (bicyclic) bond motifs is 1. The summed E-state index contributed by atoms with van der Waals surface area (Å²) in [6.07, 6.45) is 5.57. The standard InChI is InChI=1S/C17H16N4OS/c22-17(20-16-19-13-6-1-2-8-15(13)23-16)21-10-4-7-14(21)12-5-3-9-18-11-12/h1-3,5-6,8-9,11,14H,4,7,10H2,(H,19,20,22)/t14-/m0/s1. The summed E-state index contributed by atoms with van der Waals surface area (Å²) in [6.45, 7) is 0.760. The first-order chi connectivity index (χ1) is 11.3. The minimum absolute atomic E-state index is 0.0876. The van der Waals surface area contributed by atoms with Crippen molar-refractivity contribution < 1.29 is 4.79 Å². The number of aromatic nitrogens is 2. The zero-order valence-corrected chi connectivity index (χ0v) is 13.3. The smallest absolute Gasteiger partial charge is 0.317 e. The first kappa shape index (κ1) is 14.1. The van der Waals surface area contributed by atoms with Crippen molar-refractivity contribution in [1.82, 2.24) is 14.9 Å². The highest BCUT2D eigenvalue weighted by Gasteiger charge is 2.30. The number of amides is 2. The summed E-state index contributed by atoms with van der Waals surface area (Å²) >= 11 is 1.50. The maximum Gasteiger partial charge on any atom is 0.324 e. The number of anilines is 1. The quantitative estimate of drug-likeness (QED) is 0.773. The number of benzene rings is 1. The van der Waals surface area contributed by atoms with Crippen LogP contribution in [0.3, 0.4) is 0 Å². The van der Waals surface area contributed by atoms with Crippen molar-refractivity contribution in [3.8, 4) is 0 Å². The minimum Gasteiger partial charge on any atom is -0.317 e. The molecule has 0 bridgehead atoms. The summed E-state index contributed by atoms with van der Waals surface area (Å²) in [5.41, 5.74) is 2.00. The Kier molecular flexibility index (Phi) is 3.67. The molecule has 1 N–H and O–H groups in total. The van der Waals surface area contributed by atoms with Gasteiger partial charge in [-0.15, -0.1) is 0 Å². The maximum absolute atomic E-state index is 12.6. The fourth-order valence-electron chi connectivity index (χ4n) is 3.02. The summed E-state index contributed by atoms with van der Waals surface area (Å²) in [4.78, 5) is 23.2. The molecule has 5 nitrogen and oxygen atoms in total. The molecule has 3 aromatic rings. The van der Waals surface area contributed by atoms with E-state index < -0.39 is 0 Å². The Hall–Kier alpha value is -2.47. The first-order valence-corrected chi connectivity index (χ1v) is 8.46. The molecule has 1 atom stereocenters. The van der Waals surface area contributed by atoms with Crippen molar-refractivity contribution >= 4 is 32.7 Å². The van der Waals surface area contributed by atoms with Crippen LogP contribution in [-0.2, 0) is 0 Å². The van der Waals surface area contributed by atoms with Gasteiger partial charge < -0.3 is 4.90 Å². The monoisotopic (exact) mass is 324 g/mol. The number of carbonyl (C=O) groups excluding carboxylic acids is 1. The number of pyridine rings is 1. The van der Waals surface area contributed by atoms with Crippen LogP contribution >= 0.6 is 11.3 Å². The van der Waals surface area contributed by atoms with E-state index >= 15 is 0 Å². The highest BCUT2D eigenvalue weighted by Crippen LogP contribution is 2.32. The van der Waals surface area contributed by atoms with E-state index in [1.807, 2.05) is 47.5 Å². The van der Waals surface area contributed by atoms with Crippen molar-refractivity contribution in [3.05, 3.63) is 54.4 Å². The van der Waals surface area contributed by atoms with Gasteiger partial charge in [-0.2, -0.15) is 0 Å². The minimum atomic E-state index is -0.0876. The van der Waals surface area contributed by atoms with E-state index in [0.29, 0.717) is 5.13 Å². The van der Waals surface area contributed by atoms with Gasteiger partial charge in [0.25, 0.3) is 0 Å². The first-order valence-electron chi connectivity index (χ1n) is 7.64. The Labute approximate surface area is 138 Å². The van der Waals surface area contributed by atoms with Gasteiger partial charge in [0.1, 0.15) is 0 Å². The van der Waals surface area contributed by atoms with Gasteiger partial charge in [-0.05, 0) is 36.6 Å². The molecule has 23 heavy (non-hydrogen) atoms. The molecule has 2 aromatic heterocycles. The molecule has 1 fully saturated rings. The van der Waals surface area contributed by atoms with Crippen molar-refractivity contribution in [2.24, 2.45) is 0 Å². The predicted molar refractivity (Wildman–Crippen MR) is 91.6 cm³/mol. The zero-order chi connectivity index (χ0) is 15.6. The normalized spacial score (nSPS) is 17.6. The van der Waals surface area contributed by atoms with Crippen molar-refractivity contribution in [2.75, 3.05) is 11.9 Å². The van der Waals surface area contributed by atoms with E-state index in [0.717, 1.165) is 35.2 Å². The Balaban J connectivity index is 1.54. The Morgan fingerprint density at radius 1 is 1.26 bits per heavy atom. The van der Waals surface area contributed by atoms with Crippen molar-refractivity contribution in [3.63, 3.8) is 0 Å². The molecule has 0 unspecified atom stereocenters. The summed E-state index contributed by atoms with van der Waals surface area (Å²) in [5, 5.41) is 3.59. The number of hydrogen-bond donors (Lipinski definition) is 1. The maximum atomic E-state index is 12.6. The van der Waals surface area contributed by atoms with Crippen LogP contribution in [0.1, 0.15) is 24.4 Å². The van der Waals surface area contributed by atoms with Gasteiger partial charge in [0, 0.05) is 18.9 Å². The molecule has 116 valence electrons. The van der Waals surface area contributed by atoms with E-state index in [2.05, 4.69) is 15.3 Å². The highest BCUT2D eigenvalue weighted by atomic mass is 32.1. The van der Waals surface area contributed by atoms with Gasteiger partial charge in [-0.1, -0.05) is 29.5 Å². The van der Waals surface area contributed by atoms with Crippen LogP contribution in [0.5, 0.6) is 0 Å². The second-order valence-electron chi connectivity index (χ2n) is 5.55. The third-order valence-corrected chi connectivity index (χ3v) is 5.04. The van der Waals surface area contributed by atoms with Crippen molar-refractivity contribution in [1.29, 1.82) is 0 Å². The highest BCUT2D eigenvalue weighted by molar-refractivity contribution is 7.22. The molecule has 1 aliphatic heterocycles. The number of urea groups is 1. The fourth-order valence-corrected chi connectivity index (χ4v) is 3.87. The number of carbonyl (C=O) groups is 1. The molecule has 0 aliphatic carbocycles. The summed E-state index contributed by atoms with van der Waals surface area (Å²) in [7, 11) is 0. The summed E-state index contributed by atoms with van der Waals surface area (Å²) in [5.74, 6) is 0.